The normalized spacial score (nSPS) is 15.6. The zero-order valence-corrected chi connectivity index (χ0v) is 15.8. The fourth-order valence-electron chi connectivity index (χ4n) is 3.21. The molecule has 7 heteroatoms. The lowest BCUT2D eigenvalue weighted by Crippen LogP contribution is -2.37. The number of rotatable bonds is 8. The number of aryl methyl sites for hydroxylation is 1. The Labute approximate surface area is 158 Å². The molecule has 0 radical (unpaired) electrons. The van der Waals surface area contributed by atoms with E-state index in [1.165, 1.54) is 16.8 Å². The number of H-pyrrole nitrogens is 1. The van der Waals surface area contributed by atoms with Crippen LogP contribution in [0, 0.1) is 5.82 Å². The van der Waals surface area contributed by atoms with E-state index in [4.69, 9.17) is 4.74 Å². The van der Waals surface area contributed by atoms with Gasteiger partial charge in [-0.15, -0.1) is 0 Å². The van der Waals surface area contributed by atoms with Crippen molar-refractivity contribution in [2.24, 2.45) is 4.99 Å². The molecule has 0 atom stereocenters. The first-order chi connectivity index (χ1) is 13.2. The Kier molecular flexibility index (Phi) is 6.95. The molecule has 146 valence electrons. The summed E-state index contributed by atoms with van der Waals surface area (Å²) in [5.41, 5.74) is 1.92. The van der Waals surface area contributed by atoms with E-state index in [9.17, 15) is 9.18 Å². The van der Waals surface area contributed by atoms with Gasteiger partial charge in [-0.25, -0.2) is 9.07 Å². The highest BCUT2D eigenvalue weighted by atomic mass is 19.1. The van der Waals surface area contributed by atoms with Crippen molar-refractivity contribution in [1.82, 2.24) is 14.7 Å². The quantitative estimate of drug-likeness (QED) is 0.570. The number of aromatic amines is 1. The second-order valence-corrected chi connectivity index (χ2v) is 6.71. The number of nitrogens with zero attached hydrogens (tertiary/aromatic N) is 3. The van der Waals surface area contributed by atoms with Gasteiger partial charge in [-0.1, -0.05) is 13.3 Å². The summed E-state index contributed by atoms with van der Waals surface area (Å²) in [5, 5.41) is 3.15. The van der Waals surface area contributed by atoms with Gasteiger partial charge in [0, 0.05) is 38.1 Å². The van der Waals surface area contributed by atoms with Gasteiger partial charge >= 0.3 is 0 Å². The summed E-state index contributed by atoms with van der Waals surface area (Å²) in [7, 11) is 0. The van der Waals surface area contributed by atoms with Crippen LogP contribution in [-0.4, -0.2) is 60.3 Å². The Balaban J connectivity index is 1.67. The number of aromatic nitrogens is 2. The summed E-state index contributed by atoms with van der Waals surface area (Å²) in [4.78, 5) is 19.6. The number of halogens is 1. The Morgan fingerprint density at radius 3 is 2.70 bits per heavy atom. The van der Waals surface area contributed by atoms with Crippen molar-refractivity contribution in [3.05, 3.63) is 51.7 Å². The van der Waals surface area contributed by atoms with Gasteiger partial charge in [0.1, 0.15) is 5.82 Å². The zero-order chi connectivity index (χ0) is 19.1. The van der Waals surface area contributed by atoms with Crippen molar-refractivity contribution >= 4 is 6.21 Å². The molecule has 1 aromatic heterocycles. The van der Waals surface area contributed by atoms with Crippen LogP contribution in [0.4, 0.5) is 4.39 Å². The monoisotopic (exact) mass is 374 g/mol. The molecule has 2 aromatic rings. The van der Waals surface area contributed by atoms with Crippen molar-refractivity contribution in [2.75, 3.05) is 39.4 Å². The van der Waals surface area contributed by atoms with E-state index in [2.05, 4.69) is 21.9 Å². The summed E-state index contributed by atoms with van der Waals surface area (Å²) in [6, 6.07) is 5.88. The highest BCUT2D eigenvalue weighted by Gasteiger charge is 2.13. The van der Waals surface area contributed by atoms with Crippen LogP contribution in [-0.2, 0) is 11.2 Å². The first kappa shape index (κ1) is 19.5. The molecule has 1 aliphatic rings. The maximum atomic E-state index is 13.2. The smallest absolute Gasteiger partial charge is 0.280 e. The molecule has 1 saturated heterocycles. The minimum atomic E-state index is -0.325. The standard InChI is InChI=1S/C20H27FN4O2/c1-2-4-19-18(15-22-9-3-10-24-11-13-27-14-12-24)20(26)25(23-19)17-7-5-16(21)6-8-17/h5-8,15,23H,2-4,9-14H2,1H3. The number of benzene rings is 1. The van der Waals surface area contributed by atoms with E-state index >= 15 is 0 Å². The number of nitrogens with one attached hydrogen (secondary N) is 1. The topological polar surface area (TPSA) is 62.6 Å². The maximum absolute atomic E-state index is 13.2. The van der Waals surface area contributed by atoms with Gasteiger partial charge in [0.2, 0.25) is 0 Å². The largest absolute Gasteiger partial charge is 0.379 e. The van der Waals surface area contributed by atoms with Gasteiger partial charge < -0.3 is 4.74 Å². The minimum absolute atomic E-state index is 0.151. The molecule has 0 bridgehead atoms. The number of morpholine rings is 1. The molecule has 1 fully saturated rings. The van der Waals surface area contributed by atoms with E-state index in [0.717, 1.165) is 57.8 Å². The number of hydrogen-bond donors (Lipinski definition) is 1. The van der Waals surface area contributed by atoms with Crippen LogP contribution in [0.2, 0.25) is 0 Å². The minimum Gasteiger partial charge on any atom is -0.379 e. The molecule has 2 heterocycles. The molecular weight excluding hydrogens is 347 g/mol. The Hall–Kier alpha value is -2.25. The number of ether oxygens (including phenoxy) is 1. The number of aliphatic imine (C=N–C) groups is 1. The number of hydrogen-bond acceptors (Lipinski definition) is 4. The van der Waals surface area contributed by atoms with Gasteiger partial charge in [-0.05, 0) is 37.1 Å². The van der Waals surface area contributed by atoms with Crippen LogP contribution in [0.15, 0.2) is 34.1 Å². The molecule has 6 nitrogen and oxygen atoms in total. The average Bonchev–Trinajstić information content (AvgIpc) is 2.99. The summed E-state index contributed by atoms with van der Waals surface area (Å²) in [6.07, 6.45) is 4.32. The fourth-order valence-corrected chi connectivity index (χ4v) is 3.21. The molecule has 0 aliphatic carbocycles. The predicted octanol–water partition coefficient (Wildman–Crippen LogP) is 2.40. The van der Waals surface area contributed by atoms with Gasteiger partial charge in [0.15, 0.2) is 0 Å². The summed E-state index contributed by atoms with van der Waals surface area (Å²) < 4.78 is 20.0. The molecule has 0 spiro atoms. The van der Waals surface area contributed by atoms with E-state index in [1.54, 1.807) is 18.3 Å². The molecule has 1 aliphatic heterocycles. The Morgan fingerprint density at radius 1 is 1.26 bits per heavy atom. The lowest BCUT2D eigenvalue weighted by atomic mass is 10.2. The average molecular weight is 374 g/mol. The van der Waals surface area contributed by atoms with Crippen molar-refractivity contribution < 1.29 is 9.13 Å². The second kappa shape index (κ2) is 9.62. The third-order valence-corrected chi connectivity index (χ3v) is 4.68. The summed E-state index contributed by atoms with van der Waals surface area (Å²) in [5.74, 6) is -0.325. The second-order valence-electron chi connectivity index (χ2n) is 6.71. The fraction of sp³-hybridized carbons (Fsp3) is 0.500. The Morgan fingerprint density at radius 2 is 2.00 bits per heavy atom. The summed E-state index contributed by atoms with van der Waals surface area (Å²) >= 11 is 0. The van der Waals surface area contributed by atoms with E-state index in [0.29, 0.717) is 17.8 Å². The van der Waals surface area contributed by atoms with Crippen molar-refractivity contribution in [3.8, 4) is 5.69 Å². The zero-order valence-electron chi connectivity index (χ0n) is 15.8. The van der Waals surface area contributed by atoms with E-state index < -0.39 is 0 Å². The highest BCUT2D eigenvalue weighted by Crippen LogP contribution is 2.10. The van der Waals surface area contributed by atoms with Gasteiger partial charge in [-0.2, -0.15) is 0 Å². The molecule has 0 saturated carbocycles. The van der Waals surface area contributed by atoms with Crippen LogP contribution in [0.25, 0.3) is 5.69 Å². The highest BCUT2D eigenvalue weighted by molar-refractivity contribution is 5.80. The van der Waals surface area contributed by atoms with Crippen molar-refractivity contribution in [3.63, 3.8) is 0 Å². The molecular formula is C20H27FN4O2. The van der Waals surface area contributed by atoms with Crippen LogP contribution in [0.3, 0.4) is 0 Å². The van der Waals surface area contributed by atoms with Crippen LogP contribution in [0.1, 0.15) is 31.0 Å². The first-order valence-corrected chi connectivity index (χ1v) is 9.59. The van der Waals surface area contributed by atoms with Crippen LogP contribution >= 0.6 is 0 Å². The Bertz CT molecular complexity index is 804. The lowest BCUT2D eigenvalue weighted by Gasteiger charge is -2.26. The van der Waals surface area contributed by atoms with Crippen LogP contribution in [0.5, 0.6) is 0 Å². The maximum Gasteiger partial charge on any atom is 0.280 e. The van der Waals surface area contributed by atoms with E-state index in [1.807, 2.05) is 0 Å². The molecule has 1 N–H and O–H groups in total. The van der Waals surface area contributed by atoms with Crippen LogP contribution < -0.4 is 5.56 Å². The summed E-state index contributed by atoms with van der Waals surface area (Å²) in [6.45, 7) is 7.30. The van der Waals surface area contributed by atoms with E-state index in [-0.39, 0.29) is 11.4 Å². The van der Waals surface area contributed by atoms with Gasteiger partial charge in [-0.3, -0.25) is 19.8 Å². The first-order valence-electron chi connectivity index (χ1n) is 9.59. The molecule has 3 rings (SSSR count). The molecule has 0 amide bonds. The van der Waals surface area contributed by atoms with Gasteiger partial charge in [0.05, 0.1) is 24.5 Å². The predicted molar refractivity (Wildman–Crippen MR) is 105 cm³/mol. The molecule has 0 unspecified atom stereocenters. The third kappa shape index (κ3) is 5.14. The van der Waals surface area contributed by atoms with Gasteiger partial charge in [0.25, 0.3) is 5.56 Å². The lowest BCUT2D eigenvalue weighted by molar-refractivity contribution is 0.0377. The third-order valence-electron chi connectivity index (χ3n) is 4.68. The SMILES string of the molecule is CCCc1[nH]n(-c2ccc(F)cc2)c(=O)c1C=NCCCN1CCOCC1. The molecule has 1 aromatic carbocycles. The van der Waals surface area contributed by atoms with Crippen molar-refractivity contribution in [2.45, 2.75) is 26.2 Å². The molecule has 27 heavy (non-hydrogen) atoms. The van der Waals surface area contributed by atoms with Crippen molar-refractivity contribution in [1.29, 1.82) is 0 Å².